The number of benzene rings is 1. The van der Waals surface area contributed by atoms with Crippen molar-refractivity contribution in [3.05, 3.63) is 35.9 Å². The lowest BCUT2D eigenvalue weighted by Crippen LogP contribution is -2.32. The second-order valence-corrected chi connectivity index (χ2v) is 3.89. The van der Waals surface area contributed by atoms with Crippen molar-refractivity contribution in [1.82, 2.24) is 0 Å². The number of rotatable bonds is 4. The second-order valence-electron chi connectivity index (χ2n) is 3.89. The van der Waals surface area contributed by atoms with Crippen LogP contribution in [0.5, 0.6) is 0 Å². The zero-order chi connectivity index (χ0) is 9.73. The largest absolute Gasteiger partial charge is 0.322 e. The molecule has 0 aliphatic heterocycles. The molecule has 0 aliphatic carbocycles. The molecule has 0 amide bonds. The minimum absolute atomic E-state index is 0.155. The fraction of sp³-hybridized carbons (Fsp3) is 0.500. The van der Waals surface area contributed by atoms with Crippen LogP contribution in [-0.4, -0.2) is 0 Å². The number of unbranched alkanes of at least 4 members (excludes halogenated alkanes) is 1. The van der Waals surface area contributed by atoms with Crippen molar-refractivity contribution in [3.8, 4) is 0 Å². The molecule has 0 radical (unpaired) electrons. The maximum absolute atomic E-state index is 6.22. The van der Waals surface area contributed by atoms with Gasteiger partial charge in [0.2, 0.25) is 0 Å². The molecule has 1 aromatic rings. The molecule has 1 nitrogen and oxygen atoms in total. The maximum atomic E-state index is 6.22. The fourth-order valence-electron chi connectivity index (χ4n) is 1.51. The predicted octanol–water partition coefficient (Wildman–Crippen LogP) is 3.05. The Morgan fingerprint density at radius 2 is 1.85 bits per heavy atom. The fourth-order valence-corrected chi connectivity index (χ4v) is 1.51. The van der Waals surface area contributed by atoms with E-state index >= 15 is 0 Å². The molecule has 13 heavy (non-hydrogen) atoms. The Morgan fingerprint density at radius 3 is 2.38 bits per heavy atom. The summed E-state index contributed by atoms with van der Waals surface area (Å²) in [6, 6.07) is 10.3. The summed E-state index contributed by atoms with van der Waals surface area (Å²) in [4.78, 5) is 0. The molecule has 1 heteroatoms. The Hall–Kier alpha value is -0.820. The van der Waals surface area contributed by atoms with E-state index in [0.717, 1.165) is 6.42 Å². The molecule has 0 aliphatic rings. The molecule has 0 saturated carbocycles. The van der Waals surface area contributed by atoms with Gasteiger partial charge >= 0.3 is 0 Å². The maximum Gasteiger partial charge on any atom is 0.0381 e. The topological polar surface area (TPSA) is 26.0 Å². The minimum atomic E-state index is -0.155. The van der Waals surface area contributed by atoms with Gasteiger partial charge in [-0.15, -0.1) is 0 Å². The van der Waals surface area contributed by atoms with E-state index < -0.39 is 0 Å². The summed E-state index contributed by atoms with van der Waals surface area (Å²) in [6.45, 7) is 4.30. The van der Waals surface area contributed by atoms with Crippen LogP contribution in [0.15, 0.2) is 30.3 Å². The molecule has 0 spiro atoms. The lowest BCUT2D eigenvalue weighted by molar-refractivity contribution is 0.433. The van der Waals surface area contributed by atoms with Crippen LogP contribution in [0.25, 0.3) is 0 Å². The normalized spacial score (nSPS) is 15.3. The van der Waals surface area contributed by atoms with E-state index in [4.69, 9.17) is 5.73 Å². The summed E-state index contributed by atoms with van der Waals surface area (Å²) in [6.07, 6.45) is 3.47. The van der Waals surface area contributed by atoms with Crippen LogP contribution in [-0.2, 0) is 5.54 Å². The van der Waals surface area contributed by atoms with Gasteiger partial charge in [0, 0.05) is 5.54 Å². The molecular formula is C12H19N. The molecule has 2 N–H and O–H groups in total. The van der Waals surface area contributed by atoms with Crippen molar-refractivity contribution >= 4 is 0 Å². The molecule has 0 saturated heterocycles. The quantitative estimate of drug-likeness (QED) is 0.751. The Labute approximate surface area is 81.0 Å². The molecule has 1 aromatic carbocycles. The van der Waals surface area contributed by atoms with Crippen molar-refractivity contribution < 1.29 is 0 Å². The Morgan fingerprint density at radius 1 is 1.23 bits per heavy atom. The third-order valence-corrected chi connectivity index (χ3v) is 2.48. The number of nitrogens with two attached hydrogens (primary N) is 1. The Bertz CT molecular complexity index is 239. The molecule has 0 aromatic heterocycles. The predicted molar refractivity (Wildman–Crippen MR) is 57.5 cm³/mol. The first kappa shape index (κ1) is 10.3. The van der Waals surface area contributed by atoms with Crippen LogP contribution >= 0.6 is 0 Å². The molecule has 0 unspecified atom stereocenters. The van der Waals surface area contributed by atoms with Gasteiger partial charge in [-0.3, -0.25) is 0 Å². The van der Waals surface area contributed by atoms with Gasteiger partial charge in [0.15, 0.2) is 0 Å². The summed E-state index contributed by atoms with van der Waals surface area (Å²) in [5, 5.41) is 0. The number of hydrogen-bond donors (Lipinski definition) is 1. The third kappa shape index (κ3) is 2.85. The standard InChI is InChI=1S/C12H19N/c1-3-4-10-12(2,13)11-8-6-5-7-9-11/h5-9H,3-4,10,13H2,1-2H3/t12-/m1/s1. The molecule has 72 valence electrons. The van der Waals surface area contributed by atoms with E-state index in [1.807, 2.05) is 18.2 Å². The van der Waals surface area contributed by atoms with Gasteiger partial charge in [0.05, 0.1) is 0 Å². The zero-order valence-electron chi connectivity index (χ0n) is 8.59. The average Bonchev–Trinajstić information content (AvgIpc) is 2.16. The van der Waals surface area contributed by atoms with Crippen LogP contribution in [0.2, 0.25) is 0 Å². The highest BCUT2D eigenvalue weighted by Gasteiger charge is 2.19. The highest BCUT2D eigenvalue weighted by Crippen LogP contribution is 2.23. The van der Waals surface area contributed by atoms with Gasteiger partial charge in [-0.05, 0) is 18.9 Å². The van der Waals surface area contributed by atoms with Crippen LogP contribution in [0.4, 0.5) is 0 Å². The van der Waals surface area contributed by atoms with E-state index in [9.17, 15) is 0 Å². The number of hydrogen-bond acceptors (Lipinski definition) is 1. The monoisotopic (exact) mass is 177 g/mol. The van der Waals surface area contributed by atoms with Gasteiger partial charge in [0.1, 0.15) is 0 Å². The van der Waals surface area contributed by atoms with E-state index in [-0.39, 0.29) is 5.54 Å². The minimum Gasteiger partial charge on any atom is -0.322 e. The van der Waals surface area contributed by atoms with Gasteiger partial charge in [0.25, 0.3) is 0 Å². The summed E-state index contributed by atoms with van der Waals surface area (Å²) in [5.41, 5.74) is 7.31. The van der Waals surface area contributed by atoms with Crippen LogP contribution < -0.4 is 5.73 Å². The summed E-state index contributed by atoms with van der Waals surface area (Å²) in [7, 11) is 0. The van der Waals surface area contributed by atoms with Gasteiger partial charge < -0.3 is 5.73 Å². The van der Waals surface area contributed by atoms with E-state index in [1.165, 1.54) is 18.4 Å². The third-order valence-electron chi connectivity index (χ3n) is 2.48. The lowest BCUT2D eigenvalue weighted by Gasteiger charge is -2.24. The SMILES string of the molecule is CCCC[C@@](C)(N)c1ccccc1. The van der Waals surface area contributed by atoms with Crippen molar-refractivity contribution in [2.24, 2.45) is 5.73 Å². The highest BCUT2D eigenvalue weighted by atomic mass is 14.7. The molecular weight excluding hydrogens is 158 g/mol. The van der Waals surface area contributed by atoms with Gasteiger partial charge in [-0.2, -0.15) is 0 Å². The van der Waals surface area contributed by atoms with Gasteiger partial charge in [-0.1, -0.05) is 50.1 Å². The Balaban J connectivity index is 2.69. The molecule has 1 rings (SSSR count). The van der Waals surface area contributed by atoms with Crippen molar-refractivity contribution in [2.75, 3.05) is 0 Å². The lowest BCUT2D eigenvalue weighted by atomic mass is 9.88. The summed E-state index contributed by atoms with van der Waals surface area (Å²) < 4.78 is 0. The van der Waals surface area contributed by atoms with E-state index in [2.05, 4.69) is 26.0 Å². The van der Waals surface area contributed by atoms with Crippen LogP contribution in [0.1, 0.15) is 38.7 Å². The first-order valence-corrected chi connectivity index (χ1v) is 5.01. The summed E-state index contributed by atoms with van der Waals surface area (Å²) >= 11 is 0. The van der Waals surface area contributed by atoms with Gasteiger partial charge in [-0.25, -0.2) is 0 Å². The Kier molecular flexibility index (Phi) is 3.49. The van der Waals surface area contributed by atoms with E-state index in [1.54, 1.807) is 0 Å². The molecule has 0 bridgehead atoms. The van der Waals surface area contributed by atoms with Crippen LogP contribution in [0.3, 0.4) is 0 Å². The molecule has 0 fully saturated rings. The molecule has 1 atom stereocenters. The average molecular weight is 177 g/mol. The zero-order valence-corrected chi connectivity index (χ0v) is 8.59. The van der Waals surface area contributed by atoms with E-state index in [0.29, 0.717) is 0 Å². The summed E-state index contributed by atoms with van der Waals surface area (Å²) in [5.74, 6) is 0. The molecule has 0 heterocycles. The smallest absolute Gasteiger partial charge is 0.0381 e. The first-order chi connectivity index (χ1) is 6.17. The van der Waals surface area contributed by atoms with Crippen LogP contribution in [0, 0.1) is 0 Å². The van der Waals surface area contributed by atoms with Crippen molar-refractivity contribution in [2.45, 2.75) is 38.6 Å². The highest BCUT2D eigenvalue weighted by molar-refractivity contribution is 5.22. The second kappa shape index (κ2) is 4.43. The van der Waals surface area contributed by atoms with Crippen molar-refractivity contribution in [1.29, 1.82) is 0 Å². The van der Waals surface area contributed by atoms with Crippen molar-refractivity contribution in [3.63, 3.8) is 0 Å². The first-order valence-electron chi connectivity index (χ1n) is 5.01.